The molecule has 1 aromatic heterocycles. The summed E-state index contributed by atoms with van der Waals surface area (Å²) < 4.78 is 3.86. The van der Waals surface area contributed by atoms with Crippen molar-refractivity contribution in [1.82, 2.24) is 0 Å². The van der Waals surface area contributed by atoms with Gasteiger partial charge in [-0.2, -0.15) is 0 Å². The Morgan fingerprint density at radius 2 is 1.35 bits per heavy atom. The van der Waals surface area contributed by atoms with E-state index in [0.29, 0.717) is 0 Å². The molecule has 0 atom stereocenters. The maximum Gasteiger partial charge on any atom is 0.0497 e. The predicted molar refractivity (Wildman–Crippen MR) is 92.5 cm³/mol. The van der Waals surface area contributed by atoms with Crippen molar-refractivity contribution in [3.63, 3.8) is 0 Å². The number of thiophene rings is 1. The third-order valence-corrected chi connectivity index (χ3v) is 5.77. The first-order valence-electron chi connectivity index (χ1n) is 6.50. The van der Waals surface area contributed by atoms with E-state index in [2.05, 4.69) is 82.7 Å². The summed E-state index contributed by atoms with van der Waals surface area (Å²) in [4.78, 5) is 0. The molecule has 4 rings (SSSR count). The van der Waals surface area contributed by atoms with Crippen LogP contribution in [0.25, 0.3) is 31.3 Å². The molecule has 0 aliphatic carbocycles. The molecule has 0 nitrogen and oxygen atoms in total. The Labute approximate surface area is 129 Å². The predicted octanol–water partition coefficient (Wildman–Crippen LogP) is 6.48. The van der Waals surface area contributed by atoms with Crippen molar-refractivity contribution in [2.24, 2.45) is 0 Å². The van der Waals surface area contributed by atoms with Crippen molar-refractivity contribution in [3.8, 4) is 11.1 Å². The van der Waals surface area contributed by atoms with Crippen LogP contribution in [0.5, 0.6) is 0 Å². The Morgan fingerprint density at radius 3 is 2.15 bits per heavy atom. The van der Waals surface area contributed by atoms with Crippen molar-refractivity contribution in [1.29, 1.82) is 0 Å². The summed E-state index contributed by atoms with van der Waals surface area (Å²) in [7, 11) is 0. The molecule has 0 saturated carbocycles. The van der Waals surface area contributed by atoms with Crippen molar-refractivity contribution < 1.29 is 0 Å². The number of fused-ring (bicyclic) bond motifs is 3. The fourth-order valence-electron chi connectivity index (χ4n) is 2.63. The zero-order chi connectivity index (χ0) is 13.5. The van der Waals surface area contributed by atoms with Gasteiger partial charge in [0.05, 0.1) is 0 Å². The van der Waals surface area contributed by atoms with Crippen LogP contribution >= 0.6 is 27.3 Å². The van der Waals surface area contributed by atoms with Gasteiger partial charge < -0.3 is 0 Å². The minimum atomic E-state index is 1.18. The van der Waals surface area contributed by atoms with Gasteiger partial charge in [-0.05, 0) is 33.1 Å². The topological polar surface area (TPSA) is 0 Å². The molecule has 0 saturated heterocycles. The highest BCUT2D eigenvalue weighted by atomic mass is 79.9. The van der Waals surface area contributed by atoms with Crippen LogP contribution in [0.4, 0.5) is 0 Å². The lowest BCUT2D eigenvalue weighted by Gasteiger charge is -2.02. The van der Waals surface area contributed by atoms with Crippen LogP contribution in [0.15, 0.2) is 71.2 Å². The summed E-state index contributed by atoms with van der Waals surface area (Å²) in [6.45, 7) is 0. The Bertz CT molecular complexity index is 907. The largest absolute Gasteiger partial charge is 0.133 e. The van der Waals surface area contributed by atoms with Gasteiger partial charge in [-0.25, -0.2) is 0 Å². The van der Waals surface area contributed by atoms with Crippen molar-refractivity contribution in [2.45, 2.75) is 0 Å². The zero-order valence-corrected chi connectivity index (χ0v) is 13.0. The van der Waals surface area contributed by atoms with E-state index >= 15 is 0 Å². The first-order valence-corrected chi connectivity index (χ1v) is 8.11. The van der Waals surface area contributed by atoms with Crippen LogP contribution in [0, 0.1) is 0 Å². The quantitative estimate of drug-likeness (QED) is 0.372. The Morgan fingerprint density at radius 1 is 0.650 bits per heavy atom. The summed E-state index contributed by atoms with van der Waals surface area (Å²) in [5.74, 6) is 0. The maximum absolute atomic E-state index is 3.67. The molecule has 0 N–H and O–H groups in total. The third kappa shape index (κ3) is 1.80. The number of rotatable bonds is 1. The highest BCUT2D eigenvalue weighted by Gasteiger charge is 2.11. The molecule has 0 aliphatic heterocycles. The summed E-state index contributed by atoms with van der Waals surface area (Å²) in [5.41, 5.74) is 2.59. The van der Waals surface area contributed by atoms with E-state index in [1.54, 1.807) is 0 Å². The molecule has 4 aromatic rings. The number of hydrogen-bond acceptors (Lipinski definition) is 1. The van der Waals surface area contributed by atoms with Gasteiger partial charge in [0.1, 0.15) is 0 Å². The molecule has 0 aliphatic rings. The molecule has 0 amide bonds. The summed E-state index contributed by atoms with van der Waals surface area (Å²) in [6, 6.07) is 23.6. The molecule has 2 heteroatoms. The van der Waals surface area contributed by atoms with Gasteiger partial charge in [0.15, 0.2) is 0 Å². The first-order chi connectivity index (χ1) is 9.84. The Balaban J connectivity index is 2.14. The lowest BCUT2D eigenvalue weighted by molar-refractivity contribution is 1.67. The number of hydrogen-bond donors (Lipinski definition) is 0. The van der Waals surface area contributed by atoms with Crippen LogP contribution in [0.1, 0.15) is 0 Å². The molecule has 0 bridgehead atoms. The molecule has 1 heterocycles. The fraction of sp³-hybridized carbons (Fsp3) is 0. The SMILES string of the molecule is Brc1cccc2c1sc1c(-c3ccccc3)cccc12. The summed E-state index contributed by atoms with van der Waals surface area (Å²) in [5, 5.41) is 2.67. The second kappa shape index (κ2) is 4.72. The minimum absolute atomic E-state index is 1.18. The van der Waals surface area contributed by atoms with E-state index in [9.17, 15) is 0 Å². The Kier molecular flexibility index (Phi) is 2.86. The molecule has 96 valence electrons. The fourth-order valence-corrected chi connectivity index (χ4v) is 4.48. The second-order valence-corrected chi connectivity index (χ2v) is 6.64. The standard InChI is InChI=1S/C18H11BrS/c19-16-11-5-10-15-14-9-4-8-13(17(14)20-18(15)16)12-6-2-1-3-7-12/h1-11H. The van der Waals surface area contributed by atoms with Crippen LogP contribution < -0.4 is 0 Å². The Hall–Kier alpha value is -1.64. The maximum atomic E-state index is 3.67. The van der Waals surface area contributed by atoms with Crippen molar-refractivity contribution in [3.05, 3.63) is 71.2 Å². The highest BCUT2D eigenvalue weighted by molar-refractivity contribution is 9.10. The van der Waals surface area contributed by atoms with Crippen LogP contribution in [-0.2, 0) is 0 Å². The van der Waals surface area contributed by atoms with Crippen molar-refractivity contribution in [2.75, 3.05) is 0 Å². The van der Waals surface area contributed by atoms with Gasteiger partial charge in [0.25, 0.3) is 0 Å². The monoisotopic (exact) mass is 338 g/mol. The van der Waals surface area contributed by atoms with E-state index in [1.807, 2.05) is 11.3 Å². The molecule has 0 radical (unpaired) electrons. The van der Waals surface area contributed by atoms with Crippen molar-refractivity contribution >= 4 is 47.4 Å². The lowest BCUT2D eigenvalue weighted by atomic mass is 10.0. The van der Waals surface area contributed by atoms with Crippen LogP contribution in [-0.4, -0.2) is 0 Å². The minimum Gasteiger partial charge on any atom is -0.133 e. The van der Waals surface area contributed by atoms with E-state index in [1.165, 1.54) is 35.8 Å². The third-order valence-electron chi connectivity index (χ3n) is 3.56. The van der Waals surface area contributed by atoms with Gasteiger partial charge in [0, 0.05) is 24.6 Å². The van der Waals surface area contributed by atoms with Gasteiger partial charge >= 0.3 is 0 Å². The molecule has 0 spiro atoms. The van der Waals surface area contributed by atoms with Crippen LogP contribution in [0.3, 0.4) is 0 Å². The van der Waals surface area contributed by atoms with E-state index in [-0.39, 0.29) is 0 Å². The second-order valence-electron chi connectivity index (χ2n) is 4.77. The smallest absolute Gasteiger partial charge is 0.0497 e. The van der Waals surface area contributed by atoms with Gasteiger partial charge in [0.2, 0.25) is 0 Å². The molecular weight excluding hydrogens is 328 g/mol. The lowest BCUT2D eigenvalue weighted by Crippen LogP contribution is -1.76. The molecule has 0 unspecified atom stereocenters. The zero-order valence-electron chi connectivity index (χ0n) is 10.6. The van der Waals surface area contributed by atoms with E-state index < -0.39 is 0 Å². The average molecular weight is 339 g/mol. The number of benzene rings is 3. The first kappa shape index (κ1) is 12.1. The van der Waals surface area contributed by atoms with Gasteiger partial charge in [-0.3, -0.25) is 0 Å². The highest BCUT2D eigenvalue weighted by Crippen LogP contribution is 2.42. The van der Waals surface area contributed by atoms with Crippen LogP contribution in [0.2, 0.25) is 0 Å². The summed E-state index contributed by atoms with van der Waals surface area (Å²) in [6.07, 6.45) is 0. The normalized spacial score (nSPS) is 11.2. The number of halogens is 1. The molecular formula is C18H11BrS. The van der Waals surface area contributed by atoms with E-state index in [0.717, 1.165) is 0 Å². The van der Waals surface area contributed by atoms with E-state index in [4.69, 9.17) is 0 Å². The summed E-state index contributed by atoms with van der Waals surface area (Å²) >= 11 is 5.53. The molecule has 3 aromatic carbocycles. The average Bonchev–Trinajstić information content (AvgIpc) is 2.88. The molecule has 20 heavy (non-hydrogen) atoms. The van der Waals surface area contributed by atoms with Gasteiger partial charge in [-0.1, -0.05) is 60.7 Å². The molecule has 0 fully saturated rings. The van der Waals surface area contributed by atoms with Gasteiger partial charge in [-0.15, -0.1) is 11.3 Å².